The van der Waals surface area contributed by atoms with Crippen molar-refractivity contribution in [3.8, 4) is 28.3 Å². The van der Waals surface area contributed by atoms with E-state index in [2.05, 4.69) is 40.6 Å². The first-order chi connectivity index (χ1) is 17.8. The van der Waals surface area contributed by atoms with E-state index in [4.69, 9.17) is 19.3 Å². The summed E-state index contributed by atoms with van der Waals surface area (Å²) in [5.41, 5.74) is 4.27. The third-order valence-electron chi connectivity index (χ3n) is 6.36. The minimum atomic E-state index is -1.21. The molecule has 0 saturated heterocycles. The SMILES string of the molecule is C[Si](C)(C)CCOCn1nc2c3cc(ncc31)-c1c(F)cccc1COCCCOc1cc-2ccc1Br. The van der Waals surface area contributed by atoms with E-state index in [0.29, 0.717) is 50.8 Å². The Morgan fingerprint density at radius 2 is 2.00 bits per heavy atom. The van der Waals surface area contributed by atoms with Crippen LogP contribution in [0.15, 0.2) is 53.1 Å². The molecular weight excluding hydrogens is 553 g/mol. The molecule has 0 unspecified atom stereocenters. The van der Waals surface area contributed by atoms with Crippen LogP contribution in [0, 0.1) is 5.82 Å². The topological polar surface area (TPSA) is 58.4 Å². The van der Waals surface area contributed by atoms with Gasteiger partial charge in [-0.25, -0.2) is 9.07 Å². The zero-order valence-corrected chi connectivity index (χ0v) is 24.0. The number of benzene rings is 2. The number of pyridine rings is 1. The van der Waals surface area contributed by atoms with Gasteiger partial charge in [-0.3, -0.25) is 4.98 Å². The molecule has 0 radical (unpaired) electrons. The smallest absolute Gasteiger partial charge is 0.140 e. The first-order valence-electron chi connectivity index (χ1n) is 12.5. The third kappa shape index (κ3) is 5.95. The van der Waals surface area contributed by atoms with Gasteiger partial charge in [0.1, 0.15) is 24.0 Å². The number of fused-ring (bicyclic) bond motifs is 6. The quantitative estimate of drug-likeness (QED) is 0.182. The van der Waals surface area contributed by atoms with Crippen LogP contribution in [0.2, 0.25) is 25.7 Å². The second-order valence-corrected chi connectivity index (χ2v) is 16.9. The lowest BCUT2D eigenvalue weighted by Gasteiger charge is -2.15. The Hall–Kier alpha value is -2.59. The highest BCUT2D eigenvalue weighted by Crippen LogP contribution is 2.36. The van der Waals surface area contributed by atoms with Crippen molar-refractivity contribution in [3.05, 3.63) is 64.5 Å². The Morgan fingerprint density at radius 1 is 1.14 bits per heavy atom. The molecule has 3 heterocycles. The molecule has 0 amide bonds. The number of nitrogens with zero attached hydrogens (tertiary/aromatic N) is 3. The monoisotopic (exact) mass is 583 g/mol. The summed E-state index contributed by atoms with van der Waals surface area (Å²) in [6.07, 6.45) is 2.47. The molecule has 1 aliphatic rings. The van der Waals surface area contributed by atoms with E-state index in [1.807, 2.05) is 35.0 Å². The van der Waals surface area contributed by atoms with E-state index in [1.54, 1.807) is 12.3 Å². The lowest BCUT2D eigenvalue weighted by atomic mass is 10.0. The third-order valence-corrected chi connectivity index (χ3v) is 8.71. The van der Waals surface area contributed by atoms with Crippen molar-refractivity contribution in [3.63, 3.8) is 0 Å². The second kappa shape index (κ2) is 11.0. The van der Waals surface area contributed by atoms with Gasteiger partial charge in [-0.05, 0) is 51.8 Å². The predicted molar refractivity (Wildman–Crippen MR) is 150 cm³/mol. The molecular formula is C28H31BrFN3O3Si. The number of aromatic nitrogens is 3. The van der Waals surface area contributed by atoms with Gasteiger partial charge in [-0.2, -0.15) is 5.10 Å². The highest BCUT2D eigenvalue weighted by molar-refractivity contribution is 9.10. The molecule has 0 saturated carbocycles. The fraction of sp³-hybridized carbons (Fsp3) is 0.357. The Kier molecular flexibility index (Phi) is 7.76. The molecule has 2 aromatic heterocycles. The molecule has 6 nitrogen and oxygen atoms in total. The molecule has 37 heavy (non-hydrogen) atoms. The van der Waals surface area contributed by atoms with Gasteiger partial charge >= 0.3 is 0 Å². The largest absolute Gasteiger partial charge is 0.492 e. The molecule has 5 rings (SSSR count). The van der Waals surface area contributed by atoms with Crippen LogP contribution in [0.1, 0.15) is 12.0 Å². The number of ether oxygens (including phenoxy) is 3. The zero-order chi connectivity index (χ0) is 26.0. The van der Waals surface area contributed by atoms with E-state index in [1.165, 1.54) is 6.07 Å². The molecule has 0 fully saturated rings. The average Bonchev–Trinajstić information content (AvgIpc) is 3.21. The van der Waals surface area contributed by atoms with E-state index >= 15 is 4.39 Å². The Morgan fingerprint density at radius 3 is 2.84 bits per heavy atom. The number of rotatable bonds is 5. The summed E-state index contributed by atoms with van der Waals surface area (Å²) in [4.78, 5) is 4.67. The van der Waals surface area contributed by atoms with E-state index < -0.39 is 8.07 Å². The lowest BCUT2D eigenvalue weighted by molar-refractivity contribution is 0.0818. The molecule has 9 heteroatoms. The van der Waals surface area contributed by atoms with Crippen LogP contribution in [0.3, 0.4) is 0 Å². The van der Waals surface area contributed by atoms with Crippen LogP contribution in [0.4, 0.5) is 4.39 Å². The molecule has 0 N–H and O–H groups in total. The minimum Gasteiger partial charge on any atom is -0.492 e. The standard InChI is InChI=1S/C28H31BrFN3O3Si/c1-37(2,3)13-12-35-18-33-25-16-31-24-15-21(25)28(32-33)19-8-9-22(29)26(14-19)36-11-5-10-34-17-20-6-4-7-23(30)27(20)24/h4,6-9,14-16H,5,10-13,17-18H2,1-3H3. The first kappa shape index (κ1) is 26.0. The number of hydrogen-bond donors (Lipinski definition) is 0. The molecule has 2 aromatic carbocycles. The minimum absolute atomic E-state index is 0.293. The van der Waals surface area contributed by atoms with Gasteiger partial charge in [0.25, 0.3) is 0 Å². The van der Waals surface area contributed by atoms with E-state index in [9.17, 15) is 0 Å². The van der Waals surface area contributed by atoms with Gasteiger partial charge in [0.2, 0.25) is 0 Å². The Bertz CT molecular complexity index is 1420. The van der Waals surface area contributed by atoms with Crippen LogP contribution in [-0.4, -0.2) is 42.7 Å². The Labute approximate surface area is 225 Å². The zero-order valence-electron chi connectivity index (χ0n) is 21.4. The van der Waals surface area contributed by atoms with Crippen molar-refractivity contribution in [2.24, 2.45) is 0 Å². The summed E-state index contributed by atoms with van der Waals surface area (Å²) in [7, 11) is -1.21. The summed E-state index contributed by atoms with van der Waals surface area (Å²) in [6, 6.07) is 14.0. The lowest BCUT2D eigenvalue weighted by Crippen LogP contribution is -2.22. The van der Waals surface area contributed by atoms with E-state index in [0.717, 1.165) is 44.0 Å². The fourth-order valence-corrected chi connectivity index (χ4v) is 5.43. The van der Waals surface area contributed by atoms with Crippen molar-refractivity contribution in [1.29, 1.82) is 0 Å². The average molecular weight is 585 g/mol. The molecule has 1 aliphatic heterocycles. The first-order valence-corrected chi connectivity index (χ1v) is 17.0. The molecule has 4 aromatic rings. The summed E-state index contributed by atoms with van der Waals surface area (Å²) >= 11 is 3.60. The maximum Gasteiger partial charge on any atom is 0.140 e. The van der Waals surface area contributed by atoms with Crippen LogP contribution < -0.4 is 4.74 Å². The summed E-state index contributed by atoms with van der Waals surface area (Å²) in [5.74, 6) is 0.417. The summed E-state index contributed by atoms with van der Waals surface area (Å²) in [5, 5.41) is 5.80. The maximum absolute atomic E-state index is 15.1. The van der Waals surface area contributed by atoms with Gasteiger partial charge < -0.3 is 14.2 Å². The molecule has 4 bridgehead atoms. The molecule has 194 valence electrons. The van der Waals surface area contributed by atoms with Crippen molar-refractivity contribution in [2.75, 3.05) is 19.8 Å². The number of halogens is 2. The summed E-state index contributed by atoms with van der Waals surface area (Å²) in [6.45, 7) is 9.30. The van der Waals surface area contributed by atoms with Crippen molar-refractivity contribution in [1.82, 2.24) is 14.8 Å². The molecule has 0 atom stereocenters. The fourth-order valence-electron chi connectivity index (χ4n) is 4.31. The van der Waals surface area contributed by atoms with Gasteiger partial charge in [0.05, 0.1) is 41.7 Å². The van der Waals surface area contributed by atoms with Crippen LogP contribution in [-0.2, 0) is 22.8 Å². The normalized spacial score (nSPS) is 14.2. The predicted octanol–water partition coefficient (Wildman–Crippen LogP) is 7.28. The van der Waals surface area contributed by atoms with Crippen LogP contribution in [0.25, 0.3) is 33.4 Å². The molecule has 0 spiro atoms. The highest BCUT2D eigenvalue weighted by Gasteiger charge is 2.20. The van der Waals surface area contributed by atoms with Gasteiger partial charge in [-0.1, -0.05) is 37.8 Å². The molecule has 0 aliphatic carbocycles. The highest BCUT2D eigenvalue weighted by atomic mass is 79.9. The van der Waals surface area contributed by atoms with Crippen molar-refractivity contribution >= 4 is 34.9 Å². The van der Waals surface area contributed by atoms with Crippen LogP contribution >= 0.6 is 15.9 Å². The van der Waals surface area contributed by atoms with Gasteiger partial charge in [0, 0.05) is 37.6 Å². The number of hydrogen-bond acceptors (Lipinski definition) is 5. The van der Waals surface area contributed by atoms with Crippen molar-refractivity contribution in [2.45, 2.75) is 45.4 Å². The maximum atomic E-state index is 15.1. The van der Waals surface area contributed by atoms with Crippen molar-refractivity contribution < 1.29 is 18.6 Å². The second-order valence-electron chi connectivity index (χ2n) is 10.5. The summed E-state index contributed by atoms with van der Waals surface area (Å²) < 4.78 is 35.8. The van der Waals surface area contributed by atoms with Gasteiger partial charge in [-0.15, -0.1) is 0 Å². The Balaban J connectivity index is 1.63. The van der Waals surface area contributed by atoms with Crippen LogP contribution in [0.5, 0.6) is 5.75 Å². The van der Waals surface area contributed by atoms with E-state index in [-0.39, 0.29) is 5.82 Å². The van der Waals surface area contributed by atoms with Gasteiger partial charge in [0.15, 0.2) is 0 Å².